The van der Waals surface area contributed by atoms with Gasteiger partial charge in [-0.05, 0) is 81.8 Å². The molecule has 29 heavy (non-hydrogen) atoms. The lowest BCUT2D eigenvalue weighted by molar-refractivity contribution is 0.205. The van der Waals surface area contributed by atoms with Crippen molar-refractivity contribution in [1.82, 2.24) is 4.90 Å². The van der Waals surface area contributed by atoms with Crippen LogP contribution < -0.4 is 9.64 Å². The third-order valence-electron chi connectivity index (χ3n) is 6.44. The van der Waals surface area contributed by atoms with Crippen molar-refractivity contribution in [3.63, 3.8) is 0 Å². The van der Waals surface area contributed by atoms with Crippen LogP contribution in [0.4, 0.5) is 5.69 Å². The Morgan fingerprint density at radius 2 is 1.52 bits per heavy atom. The average Bonchev–Trinajstić information content (AvgIpc) is 2.78. The summed E-state index contributed by atoms with van der Waals surface area (Å²) in [5.41, 5.74) is 5.35. The third-order valence-corrected chi connectivity index (χ3v) is 6.44. The quantitative estimate of drug-likeness (QED) is 0.545. The van der Waals surface area contributed by atoms with E-state index in [0.29, 0.717) is 0 Å². The second-order valence-electron chi connectivity index (χ2n) is 8.65. The minimum atomic E-state index is 0.805. The zero-order chi connectivity index (χ0) is 19.9. The topological polar surface area (TPSA) is 15.7 Å². The molecule has 2 saturated heterocycles. The molecule has 2 aromatic carbocycles. The van der Waals surface area contributed by atoms with Crippen molar-refractivity contribution >= 4 is 5.69 Å². The molecule has 3 heteroatoms. The van der Waals surface area contributed by atoms with Crippen LogP contribution in [0.2, 0.25) is 0 Å². The van der Waals surface area contributed by atoms with Crippen LogP contribution in [0.1, 0.15) is 50.5 Å². The number of likely N-dealkylation sites (tertiary alicyclic amines) is 1. The summed E-state index contributed by atoms with van der Waals surface area (Å²) in [5.74, 6) is 1.02. The Morgan fingerprint density at radius 1 is 0.793 bits per heavy atom. The second-order valence-corrected chi connectivity index (χ2v) is 8.65. The van der Waals surface area contributed by atoms with E-state index in [2.05, 4.69) is 59.2 Å². The first-order valence-electron chi connectivity index (χ1n) is 11.6. The minimum absolute atomic E-state index is 0.805. The zero-order valence-electron chi connectivity index (χ0n) is 18.0. The molecule has 2 aliphatic heterocycles. The summed E-state index contributed by atoms with van der Waals surface area (Å²) in [5, 5.41) is 0. The number of hydrogen-bond donors (Lipinski definition) is 0. The molecule has 0 N–H and O–H groups in total. The van der Waals surface area contributed by atoms with E-state index in [-0.39, 0.29) is 0 Å². The number of piperidine rings is 2. The number of aryl methyl sites for hydroxylation is 1. The molecule has 0 amide bonds. The molecule has 0 radical (unpaired) electrons. The Morgan fingerprint density at radius 3 is 2.28 bits per heavy atom. The highest BCUT2D eigenvalue weighted by atomic mass is 16.5. The van der Waals surface area contributed by atoms with Gasteiger partial charge in [-0.2, -0.15) is 0 Å². The van der Waals surface area contributed by atoms with Gasteiger partial charge in [0.15, 0.2) is 0 Å². The maximum atomic E-state index is 6.20. The van der Waals surface area contributed by atoms with Gasteiger partial charge < -0.3 is 14.5 Å². The maximum absolute atomic E-state index is 6.20. The highest BCUT2D eigenvalue weighted by Crippen LogP contribution is 2.37. The van der Waals surface area contributed by atoms with Crippen LogP contribution in [0.25, 0.3) is 11.1 Å². The van der Waals surface area contributed by atoms with Crippen LogP contribution >= 0.6 is 0 Å². The van der Waals surface area contributed by atoms with Crippen molar-refractivity contribution in [3.8, 4) is 16.9 Å². The summed E-state index contributed by atoms with van der Waals surface area (Å²) in [6.45, 7) is 9.02. The lowest BCUT2D eigenvalue weighted by atomic mass is 9.97. The first-order chi connectivity index (χ1) is 14.3. The minimum Gasteiger partial charge on any atom is -0.493 e. The molecule has 0 atom stereocenters. The molecule has 0 unspecified atom stereocenters. The van der Waals surface area contributed by atoms with Crippen molar-refractivity contribution in [2.75, 3.05) is 44.2 Å². The van der Waals surface area contributed by atoms with E-state index >= 15 is 0 Å². The van der Waals surface area contributed by atoms with Crippen molar-refractivity contribution in [2.24, 2.45) is 0 Å². The van der Waals surface area contributed by atoms with Crippen molar-refractivity contribution < 1.29 is 4.74 Å². The lowest BCUT2D eigenvalue weighted by Crippen LogP contribution is -2.31. The van der Waals surface area contributed by atoms with Crippen LogP contribution in [-0.2, 0) is 0 Å². The fraction of sp³-hybridized carbons (Fsp3) is 0.538. The number of benzene rings is 2. The first-order valence-corrected chi connectivity index (χ1v) is 11.6. The third kappa shape index (κ3) is 5.33. The standard InChI is InChI=1S/C26H36N2O/c1-22-11-4-5-12-24(22)25-14-13-23(21-26(25)28-18-8-3-9-19-28)29-20-10-17-27-15-6-2-7-16-27/h4-5,11-14,21H,2-3,6-10,15-20H2,1H3. The fourth-order valence-corrected chi connectivity index (χ4v) is 4.76. The normalized spacial score (nSPS) is 18.0. The molecular formula is C26H36N2O. The molecule has 0 spiro atoms. The molecule has 2 heterocycles. The van der Waals surface area contributed by atoms with Gasteiger partial charge >= 0.3 is 0 Å². The van der Waals surface area contributed by atoms with E-state index in [1.807, 2.05) is 0 Å². The van der Waals surface area contributed by atoms with Gasteiger partial charge in [0, 0.05) is 37.0 Å². The van der Waals surface area contributed by atoms with Crippen LogP contribution in [0, 0.1) is 6.92 Å². The Kier molecular flexibility index (Phi) is 7.10. The number of ether oxygens (including phenoxy) is 1. The number of nitrogens with zero attached hydrogens (tertiary/aromatic N) is 2. The van der Waals surface area contributed by atoms with E-state index in [0.717, 1.165) is 31.9 Å². The summed E-state index contributed by atoms with van der Waals surface area (Å²) in [6.07, 6.45) is 9.16. The molecule has 156 valence electrons. The summed E-state index contributed by atoms with van der Waals surface area (Å²) in [6, 6.07) is 15.4. The second kappa shape index (κ2) is 10.2. The predicted octanol–water partition coefficient (Wildman–Crippen LogP) is 5.91. The van der Waals surface area contributed by atoms with Gasteiger partial charge in [0.1, 0.15) is 5.75 Å². The number of hydrogen-bond acceptors (Lipinski definition) is 3. The van der Waals surface area contributed by atoms with Crippen molar-refractivity contribution in [2.45, 2.75) is 51.9 Å². The summed E-state index contributed by atoms with van der Waals surface area (Å²) in [7, 11) is 0. The first kappa shape index (κ1) is 20.3. The molecule has 0 aromatic heterocycles. The highest BCUT2D eigenvalue weighted by Gasteiger charge is 2.17. The molecule has 0 saturated carbocycles. The summed E-state index contributed by atoms with van der Waals surface area (Å²) >= 11 is 0. The molecule has 0 aliphatic carbocycles. The highest BCUT2D eigenvalue weighted by molar-refractivity contribution is 5.81. The molecule has 2 aromatic rings. The predicted molar refractivity (Wildman–Crippen MR) is 123 cm³/mol. The maximum Gasteiger partial charge on any atom is 0.121 e. The Balaban J connectivity index is 1.46. The zero-order valence-corrected chi connectivity index (χ0v) is 18.0. The van der Waals surface area contributed by atoms with Gasteiger partial charge in [-0.3, -0.25) is 0 Å². The molecule has 3 nitrogen and oxygen atoms in total. The van der Waals surface area contributed by atoms with Crippen LogP contribution in [0.3, 0.4) is 0 Å². The van der Waals surface area contributed by atoms with E-state index in [4.69, 9.17) is 4.74 Å². The summed E-state index contributed by atoms with van der Waals surface area (Å²) in [4.78, 5) is 5.15. The Bertz CT molecular complexity index is 776. The Hall–Kier alpha value is -2.00. The Labute approximate surface area is 176 Å². The molecular weight excluding hydrogens is 356 g/mol. The van der Waals surface area contributed by atoms with Gasteiger partial charge in [0.05, 0.1) is 6.61 Å². The van der Waals surface area contributed by atoms with Crippen LogP contribution in [0.5, 0.6) is 5.75 Å². The number of anilines is 1. The molecule has 0 bridgehead atoms. The number of rotatable bonds is 7. The van der Waals surface area contributed by atoms with Crippen LogP contribution in [0.15, 0.2) is 42.5 Å². The molecule has 4 rings (SSSR count). The monoisotopic (exact) mass is 392 g/mol. The van der Waals surface area contributed by atoms with Gasteiger partial charge in [-0.1, -0.05) is 30.7 Å². The molecule has 2 aliphatic rings. The smallest absolute Gasteiger partial charge is 0.121 e. The van der Waals surface area contributed by atoms with Crippen LogP contribution in [-0.4, -0.2) is 44.2 Å². The van der Waals surface area contributed by atoms with Gasteiger partial charge in [0.25, 0.3) is 0 Å². The van der Waals surface area contributed by atoms with Gasteiger partial charge in [0.2, 0.25) is 0 Å². The SMILES string of the molecule is Cc1ccccc1-c1ccc(OCCCN2CCCCC2)cc1N1CCCCC1. The van der Waals surface area contributed by atoms with Crippen molar-refractivity contribution in [1.29, 1.82) is 0 Å². The van der Waals surface area contributed by atoms with Gasteiger partial charge in [-0.25, -0.2) is 0 Å². The largest absolute Gasteiger partial charge is 0.493 e. The van der Waals surface area contributed by atoms with Crippen molar-refractivity contribution in [3.05, 3.63) is 48.0 Å². The summed E-state index contributed by atoms with van der Waals surface area (Å²) < 4.78 is 6.20. The average molecular weight is 393 g/mol. The van der Waals surface area contributed by atoms with E-state index in [1.54, 1.807) is 0 Å². The van der Waals surface area contributed by atoms with E-state index < -0.39 is 0 Å². The van der Waals surface area contributed by atoms with E-state index in [1.165, 1.54) is 80.5 Å². The lowest BCUT2D eigenvalue weighted by Gasteiger charge is -2.31. The van der Waals surface area contributed by atoms with E-state index in [9.17, 15) is 0 Å². The molecule has 2 fully saturated rings. The van der Waals surface area contributed by atoms with Gasteiger partial charge in [-0.15, -0.1) is 0 Å². The fourth-order valence-electron chi connectivity index (χ4n) is 4.76.